The zero-order valence-corrected chi connectivity index (χ0v) is 48.8. The fourth-order valence-corrected chi connectivity index (χ4v) is 10.4. The quantitative estimate of drug-likeness (QED) is 0.0943. The first-order chi connectivity index (χ1) is 43.8. The topological polar surface area (TPSA) is 252 Å². The van der Waals surface area contributed by atoms with Gasteiger partial charge in [-0.1, -0.05) is 17.4 Å². The Morgan fingerprint density at radius 3 is 1.54 bits per heavy atom. The summed E-state index contributed by atoms with van der Waals surface area (Å²) in [6.45, 7) is 0.863. The minimum Gasteiger partial charge on any atom is -0.497 e. The van der Waals surface area contributed by atoms with Crippen LogP contribution in [0.15, 0.2) is 199 Å². The molecule has 0 atom stereocenters. The van der Waals surface area contributed by atoms with Crippen molar-refractivity contribution >= 4 is 61.0 Å². The minimum atomic E-state index is -0.152. The Morgan fingerprint density at radius 1 is 0.461 bits per heavy atom. The summed E-state index contributed by atoms with van der Waals surface area (Å²) in [6.07, 6.45) is 16.2. The molecule has 0 saturated carbocycles. The van der Waals surface area contributed by atoms with E-state index in [1.807, 2.05) is 165 Å². The molecule has 0 saturated heterocycles. The van der Waals surface area contributed by atoms with E-state index in [9.17, 15) is 4.79 Å². The fraction of sp³-hybridized carbons (Fsp3) is 0.108. The van der Waals surface area contributed by atoms with Crippen LogP contribution in [-0.4, -0.2) is 102 Å². The second kappa shape index (κ2) is 25.3. The van der Waals surface area contributed by atoms with Gasteiger partial charge < -0.3 is 38.1 Å². The molecule has 0 unspecified atom stereocenters. The van der Waals surface area contributed by atoms with E-state index < -0.39 is 0 Å². The first kappa shape index (κ1) is 56.2. The first-order valence-corrected chi connectivity index (χ1v) is 28.4. The lowest BCUT2D eigenvalue weighted by atomic mass is 10.1. The minimum absolute atomic E-state index is 0.152. The third-order valence-corrected chi connectivity index (χ3v) is 15.1. The lowest BCUT2D eigenvalue weighted by Crippen LogP contribution is -2.05. The van der Waals surface area contributed by atoms with E-state index in [2.05, 4.69) is 60.5 Å². The van der Waals surface area contributed by atoms with E-state index in [0.717, 1.165) is 112 Å². The number of ether oxygens (including phenoxy) is 7. The number of nitrogens with one attached hydrogen (secondary N) is 1. The standard InChI is InChI=1S/C22H17N5O3.C22H18N4O3S.C21H16N6O2/c1-29-15-6-7-16-18(11-15)23-10-9-19(16)30-13-21-26-25-20-8-5-14(12-27(20)21)17-3-2-4-22(28)24-17;1-27-16-4-5-17-18(9-16)23-8-7-20(17)29-12-15-10-24-21-6-3-14(11-26(15)21)19-13-30-22(25-19)28-2;1-28-16-3-4-17-18(10-16)22-8-7-19(17)29-13-21-26-25-20-5-2-15(12-27(20)21)14-6-9-23-24-11-14/h2-12H,13H2,1H3,(H,24,28);3-11,13H,12H2,1-2H3;2-12H,13H2,1H3. The molecule has 0 fully saturated rings. The number of imidazole rings is 1. The van der Waals surface area contributed by atoms with E-state index in [1.54, 1.807) is 65.5 Å². The van der Waals surface area contributed by atoms with Gasteiger partial charge in [-0.15, -0.1) is 20.4 Å². The molecule has 1 N–H and O–H groups in total. The smallest absolute Gasteiger partial charge is 0.273 e. The molecule has 15 aromatic rings. The van der Waals surface area contributed by atoms with Crippen molar-refractivity contribution in [1.82, 2.24) is 73.7 Å². The highest BCUT2D eigenvalue weighted by molar-refractivity contribution is 7.11. The molecule has 3 aromatic carbocycles. The molecule has 89 heavy (non-hydrogen) atoms. The maximum Gasteiger partial charge on any atom is 0.273 e. The summed E-state index contributed by atoms with van der Waals surface area (Å²) in [4.78, 5) is 36.6. The van der Waals surface area contributed by atoms with Gasteiger partial charge in [0.1, 0.15) is 60.0 Å². The van der Waals surface area contributed by atoms with Crippen LogP contribution >= 0.6 is 11.3 Å². The van der Waals surface area contributed by atoms with Gasteiger partial charge in [-0.05, 0) is 103 Å². The Balaban J connectivity index is 0.000000123. The maximum absolute atomic E-state index is 11.6. The number of pyridine rings is 7. The van der Waals surface area contributed by atoms with Gasteiger partial charge in [0, 0.05) is 111 Å². The molecule has 15 rings (SSSR count). The third kappa shape index (κ3) is 12.2. The molecule has 0 spiro atoms. The van der Waals surface area contributed by atoms with Crippen molar-refractivity contribution in [3.05, 3.63) is 222 Å². The van der Waals surface area contributed by atoms with Crippen molar-refractivity contribution < 1.29 is 33.2 Å². The highest BCUT2D eigenvalue weighted by Gasteiger charge is 2.15. The van der Waals surface area contributed by atoms with Gasteiger partial charge in [-0.2, -0.15) is 10.2 Å². The molecule has 0 aliphatic heterocycles. The average molecular weight is 1200 g/mol. The van der Waals surface area contributed by atoms with Crippen molar-refractivity contribution in [3.8, 4) is 73.3 Å². The summed E-state index contributed by atoms with van der Waals surface area (Å²) >= 11 is 1.47. The zero-order chi connectivity index (χ0) is 60.6. The van der Waals surface area contributed by atoms with Crippen molar-refractivity contribution in [1.29, 1.82) is 0 Å². The number of thiazole rings is 1. The Bertz CT molecular complexity index is 5070. The van der Waals surface area contributed by atoms with Crippen LogP contribution in [0.25, 0.3) is 83.3 Å². The number of aromatic amines is 1. The van der Waals surface area contributed by atoms with E-state index >= 15 is 0 Å². The Kier molecular flexibility index (Phi) is 16.0. The molecule has 24 heteroatoms. The van der Waals surface area contributed by atoms with Gasteiger partial charge in [0.2, 0.25) is 5.56 Å². The van der Waals surface area contributed by atoms with Crippen LogP contribution in [0.5, 0.6) is 39.7 Å². The zero-order valence-electron chi connectivity index (χ0n) is 48.0. The molecular weight excluding hydrogens is 1150 g/mol. The SMILES string of the molecule is COc1ccc2c(OCc3cnc4ccc(-c5csc(OC)n5)cn34)ccnc2c1.COc1ccc2c(OCc3nnc4ccc(-c5cccc(=O)[nH]5)cn34)ccnc2c1.COc1ccc2c(OCc3nnc4ccc(-c5ccnnc5)cn34)ccnc2c1. The normalized spacial score (nSPS) is 11.1. The second-order valence-electron chi connectivity index (χ2n) is 19.6. The van der Waals surface area contributed by atoms with E-state index in [4.69, 9.17) is 33.2 Å². The lowest BCUT2D eigenvalue weighted by molar-refractivity contribution is 0.298. The number of H-pyrrole nitrogens is 1. The number of hydrogen-bond donors (Lipinski definition) is 1. The van der Waals surface area contributed by atoms with Crippen LogP contribution in [0.1, 0.15) is 17.3 Å². The molecule has 0 bridgehead atoms. The van der Waals surface area contributed by atoms with E-state index in [1.165, 1.54) is 17.4 Å². The summed E-state index contributed by atoms with van der Waals surface area (Å²) in [7, 11) is 6.52. The first-order valence-electron chi connectivity index (χ1n) is 27.5. The van der Waals surface area contributed by atoms with E-state index in [0.29, 0.717) is 34.8 Å². The molecule has 23 nitrogen and oxygen atoms in total. The highest BCUT2D eigenvalue weighted by Crippen LogP contribution is 2.32. The largest absolute Gasteiger partial charge is 0.497 e. The van der Waals surface area contributed by atoms with Gasteiger partial charge in [-0.25, -0.2) is 9.97 Å². The number of fused-ring (bicyclic) bond motifs is 6. The molecular formula is C65H51N15O8S. The van der Waals surface area contributed by atoms with Gasteiger partial charge in [0.15, 0.2) is 22.9 Å². The Labute approximate surface area is 509 Å². The van der Waals surface area contributed by atoms with Crippen molar-refractivity contribution in [2.24, 2.45) is 0 Å². The number of rotatable bonds is 16. The lowest BCUT2D eigenvalue weighted by Gasteiger charge is -2.10. The summed E-state index contributed by atoms with van der Waals surface area (Å²) in [6, 6.07) is 41.2. The summed E-state index contributed by atoms with van der Waals surface area (Å²) in [5.74, 6) is 5.78. The number of benzene rings is 3. The highest BCUT2D eigenvalue weighted by atomic mass is 32.1. The average Bonchev–Trinajstić information content (AvgIpc) is 3.95. The van der Waals surface area contributed by atoms with Crippen molar-refractivity contribution in [2.75, 3.05) is 28.4 Å². The summed E-state index contributed by atoms with van der Waals surface area (Å²) in [5.41, 5.74) is 10.9. The molecule has 12 aromatic heterocycles. The van der Waals surface area contributed by atoms with Gasteiger partial charge in [0.25, 0.3) is 5.19 Å². The number of nitrogens with zero attached hydrogens (tertiary/aromatic N) is 14. The van der Waals surface area contributed by atoms with Gasteiger partial charge in [0.05, 0.1) is 75.0 Å². The number of hydrogen-bond acceptors (Lipinski definition) is 20. The summed E-state index contributed by atoms with van der Waals surface area (Å²) < 4.78 is 45.1. The fourth-order valence-electron chi connectivity index (χ4n) is 9.75. The van der Waals surface area contributed by atoms with Crippen LogP contribution in [0.4, 0.5) is 0 Å². The summed E-state index contributed by atoms with van der Waals surface area (Å²) in [5, 5.41) is 30.1. The molecule has 0 amide bonds. The Morgan fingerprint density at radius 2 is 1.00 bits per heavy atom. The number of methoxy groups -OCH3 is 4. The predicted molar refractivity (Wildman–Crippen MR) is 334 cm³/mol. The molecule has 0 aliphatic rings. The molecule has 0 aliphatic carbocycles. The predicted octanol–water partition coefficient (Wildman–Crippen LogP) is 11.1. The van der Waals surface area contributed by atoms with Crippen LogP contribution in [-0.2, 0) is 19.8 Å². The Hall–Kier alpha value is -11.9. The van der Waals surface area contributed by atoms with E-state index in [-0.39, 0.29) is 18.8 Å². The van der Waals surface area contributed by atoms with Gasteiger partial charge in [-0.3, -0.25) is 32.9 Å². The molecule has 440 valence electrons. The van der Waals surface area contributed by atoms with Crippen molar-refractivity contribution in [2.45, 2.75) is 19.8 Å². The molecule has 0 radical (unpaired) electrons. The van der Waals surface area contributed by atoms with Crippen molar-refractivity contribution in [3.63, 3.8) is 0 Å². The number of aromatic nitrogens is 15. The van der Waals surface area contributed by atoms with Crippen LogP contribution < -0.4 is 38.7 Å². The van der Waals surface area contributed by atoms with Crippen LogP contribution in [0, 0.1) is 0 Å². The monoisotopic (exact) mass is 1200 g/mol. The molecule has 12 heterocycles. The van der Waals surface area contributed by atoms with Crippen LogP contribution in [0.3, 0.4) is 0 Å². The van der Waals surface area contributed by atoms with Crippen LogP contribution in [0.2, 0.25) is 0 Å². The maximum atomic E-state index is 11.6. The third-order valence-electron chi connectivity index (χ3n) is 14.3. The second-order valence-corrected chi connectivity index (χ2v) is 20.4. The van der Waals surface area contributed by atoms with Gasteiger partial charge >= 0.3 is 0 Å².